The van der Waals surface area contributed by atoms with E-state index in [9.17, 15) is 4.79 Å². The van der Waals surface area contributed by atoms with E-state index in [-0.39, 0.29) is 11.9 Å². The van der Waals surface area contributed by atoms with Gasteiger partial charge in [0.1, 0.15) is 0 Å². The molecule has 0 rings (SSSR count). The normalized spacial score (nSPS) is 14.6. The lowest BCUT2D eigenvalue weighted by Crippen LogP contribution is -2.49. The van der Waals surface area contributed by atoms with E-state index in [1.165, 1.54) is 0 Å². The van der Waals surface area contributed by atoms with Crippen LogP contribution < -0.4 is 5.73 Å². The monoisotopic (exact) mass is 232 g/mol. The lowest BCUT2D eigenvalue weighted by molar-refractivity contribution is -0.135. The summed E-state index contributed by atoms with van der Waals surface area (Å²) < 4.78 is 9.95. The van der Waals surface area contributed by atoms with Gasteiger partial charge in [0.25, 0.3) is 0 Å². The molecule has 0 spiro atoms. The van der Waals surface area contributed by atoms with Crippen molar-refractivity contribution in [1.82, 2.24) is 4.90 Å². The summed E-state index contributed by atoms with van der Waals surface area (Å²) in [6.45, 7) is 5.56. The van der Waals surface area contributed by atoms with Crippen molar-refractivity contribution < 1.29 is 14.3 Å². The number of carbonyl (C=O) groups is 1. The molecule has 0 aromatic carbocycles. The number of rotatable bonds is 8. The predicted octanol–water partition coefficient (Wildman–Crippen LogP) is 0.234. The molecule has 2 atom stereocenters. The van der Waals surface area contributed by atoms with Gasteiger partial charge in [0.15, 0.2) is 0 Å². The molecule has 0 heterocycles. The zero-order chi connectivity index (χ0) is 12.6. The standard InChI is InChI=1S/C11H24N2O3/c1-5-13(9(2)8-16-4)11(14)10(12)6-7-15-3/h9-10H,5-8,12H2,1-4H3. The third-order valence-corrected chi connectivity index (χ3v) is 2.51. The molecule has 96 valence electrons. The molecule has 0 bridgehead atoms. The Morgan fingerprint density at radius 2 is 2.00 bits per heavy atom. The molecule has 2 unspecified atom stereocenters. The summed E-state index contributed by atoms with van der Waals surface area (Å²) in [6.07, 6.45) is 0.547. The highest BCUT2D eigenvalue weighted by Gasteiger charge is 2.23. The summed E-state index contributed by atoms with van der Waals surface area (Å²) in [5, 5.41) is 0. The summed E-state index contributed by atoms with van der Waals surface area (Å²) in [5.41, 5.74) is 5.80. The average molecular weight is 232 g/mol. The molecule has 5 heteroatoms. The number of methoxy groups -OCH3 is 2. The van der Waals surface area contributed by atoms with Gasteiger partial charge in [-0.1, -0.05) is 0 Å². The first-order valence-corrected chi connectivity index (χ1v) is 5.62. The third-order valence-electron chi connectivity index (χ3n) is 2.51. The lowest BCUT2D eigenvalue weighted by atomic mass is 10.1. The van der Waals surface area contributed by atoms with Crippen molar-refractivity contribution in [3.05, 3.63) is 0 Å². The molecular weight excluding hydrogens is 208 g/mol. The van der Waals surface area contributed by atoms with Crippen LogP contribution in [0.3, 0.4) is 0 Å². The van der Waals surface area contributed by atoms with Gasteiger partial charge in [-0.2, -0.15) is 0 Å². The number of hydrogen-bond donors (Lipinski definition) is 1. The van der Waals surface area contributed by atoms with E-state index < -0.39 is 6.04 Å². The van der Waals surface area contributed by atoms with Crippen molar-refractivity contribution >= 4 is 5.91 Å². The van der Waals surface area contributed by atoms with Crippen molar-refractivity contribution in [1.29, 1.82) is 0 Å². The molecule has 0 saturated heterocycles. The highest BCUT2D eigenvalue weighted by atomic mass is 16.5. The minimum Gasteiger partial charge on any atom is -0.385 e. The first-order valence-electron chi connectivity index (χ1n) is 5.62. The second-order valence-corrected chi connectivity index (χ2v) is 3.82. The first kappa shape index (κ1) is 15.3. The van der Waals surface area contributed by atoms with Crippen molar-refractivity contribution in [3.8, 4) is 0 Å². The maximum Gasteiger partial charge on any atom is 0.239 e. The van der Waals surface area contributed by atoms with Crippen LogP contribution in [-0.4, -0.2) is 56.9 Å². The van der Waals surface area contributed by atoms with Gasteiger partial charge in [-0.25, -0.2) is 0 Å². The van der Waals surface area contributed by atoms with Crippen molar-refractivity contribution in [2.75, 3.05) is 34.0 Å². The van der Waals surface area contributed by atoms with Gasteiger partial charge in [-0.15, -0.1) is 0 Å². The smallest absolute Gasteiger partial charge is 0.239 e. The SMILES string of the molecule is CCN(C(=O)C(N)CCOC)C(C)COC. The largest absolute Gasteiger partial charge is 0.385 e. The molecule has 1 amide bonds. The summed E-state index contributed by atoms with van der Waals surface area (Å²) in [4.78, 5) is 13.7. The molecule has 0 aromatic heterocycles. The number of hydrogen-bond acceptors (Lipinski definition) is 4. The third kappa shape index (κ3) is 4.92. The highest BCUT2D eigenvalue weighted by molar-refractivity contribution is 5.81. The van der Waals surface area contributed by atoms with Gasteiger partial charge in [0, 0.05) is 27.4 Å². The van der Waals surface area contributed by atoms with Gasteiger partial charge in [0.2, 0.25) is 5.91 Å². The average Bonchev–Trinajstić information content (AvgIpc) is 2.27. The molecule has 2 N–H and O–H groups in total. The maximum atomic E-state index is 12.0. The van der Waals surface area contributed by atoms with Gasteiger partial charge in [-0.3, -0.25) is 4.79 Å². The topological polar surface area (TPSA) is 64.8 Å². The van der Waals surface area contributed by atoms with E-state index >= 15 is 0 Å². The number of nitrogens with two attached hydrogens (primary N) is 1. The quantitative estimate of drug-likeness (QED) is 0.651. The minimum absolute atomic E-state index is 0.0379. The van der Waals surface area contributed by atoms with Gasteiger partial charge in [0.05, 0.1) is 18.7 Å². The second kappa shape index (κ2) is 8.50. The van der Waals surface area contributed by atoms with Crippen LogP contribution in [0.25, 0.3) is 0 Å². The number of likely N-dealkylation sites (N-methyl/N-ethyl adjacent to an activating group) is 1. The number of ether oxygens (including phenoxy) is 2. The molecular formula is C11H24N2O3. The van der Waals surface area contributed by atoms with Crippen LogP contribution in [0, 0.1) is 0 Å². The molecule has 0 aliphatic rings. The lowest BCUT2D eigenvalue weighted by Gasteiger charge is -2.29. The summed E-state index contributed by atoms with van der Waals surface area (Å²) in [6, 6.07) is -0.435. The van der Waals surface area contributed by atoms with E-state index in [1.54, 1.807) is 19.1 Å². The second-order valence-electron chi connectivity index (χ2n) is 3.82. The Morgan fingerprint density at radius 1 is 1.38 bits per heavy atom. The van der Waals surface area contributed by atoms with Crippen molar-refractivity contribution in [3.63, 3.8) is 0 Å². The van der Waals surface area contributed by atoms with E-state index in [1.807, 2.05) is 13.8 Å². The Balaban J connectivity index is 4.28. The molecule has 0 aliphatic heterocycles. The Hall–Kier alpha value is -0.650. The van der Waals surface area contributed by atoms with Gasteiger partial charge >= 0.3 is 0 Å². The van der Waals surface area contributed by atoms with Crippen molar-refractivity contribution in [2.24, 2.45) is 5.73 Å². The van der Waals surface area contributed by atoms with E-state index in [4.69, 9.17) is 15.2 Å². The van der Waals surface area contributed by atoms with Crippen LogP contribution in [0.5, 0.6) is 0 Å². The Bertz CT molecular complexity index is 200. The number of carbonyl (C=O) groups excluding carboxylic acids is 1. The van der Waals surface area contributed by atoms with Crippen LogP contribution in [0.15, 0.2) is 0 Å². The molecule has 0 saturated carbocycles. The fourth-order valence-corrected chi connectivity index (χ4v) is 1.60. The maximum absolute atomic E-state index is 12.0. The molecule has 0 radical (unpaired) electrons. The van der Waals surface area contributed by atoms with E-state index in [2.05, 4.69) is 0 Å². The van der Waals surface area contributed by atoms with Crippen LogP contribution in [0.2, 0.25) is 0 Å². The zero-order valence-electron chi connectivity index (χ0n) is 10.7. The number of amides is 1. The van der Waals surface area contributed by atoms with Crippen LogP contribution in [0.1, 0.15) is 20.3 Å². The van der Waals surface area contributed by atoms with Gasteiger partial charge < -0.3 is 20.1 Å². The fraction of sp³-hybridized carbons (Fsp3) is 0.909. The molecule has 0 aromatic rings. The minimum atomic E-state index is -0.487. The highest BCUT2D eigenvalue weighted by Crippen LogP contribution is 2.04. The zero-order valence-corrected chi connectivity index (χ0v) is 10.7. The molecule has 5 nitrogen and oxygen atoms in total. The predicted molar refractivity (Wildman–Crippen MR) is 63.2 cm³/mol. The van der Waals surface area contributed by atoms with E-state index in [0.29, 0.717) is 26.2 Å². The Kier molecular flexibility index (Phi) is 8.15. The van der Waals surface area contributed by atoms with Crippen LogP contribution in [-0.2, 0) is 14.3 Å². The molecule has 0 fully saturated rings. The van der Waals surface area contributed by atoms with Crippen LogP contribution in [0.4, 0.5) is 0 Å². The Labute approximate surface area is 97.9 Å². The van der Waals surface area contributed by atoms with Crippen LogP contribution >= 0.6 is 0 Å². The fourth-order valence-electron chi connectivity index (χ4n) is 1.60. The number of nitrogens with zero attached hydrogens (tertiary/aromatic N) is 1. The van der Waals surface area contributed by atoms with Crippen molar-refractivity contribution in [2.45, 2.75) is 32.4 Å². The summed E-state index contributed by atoms with van der Waals surface area (Å²) in [7, 11) is 3.22. The Morgan fingerprint density at radius 3 is 2.44 bits per heavy atom. The molecule has 0 aliphatic carbocycles. The first-order chi connectivity index (χ1) is 7.58. The molecule has 16 heavy (non-hydrogen) atoms. The van der Waals surface area contributed by atoms with E-state index in [0.717, 1.165) is 0 Å². The van der Waals surface area contributed by atoms with Gasteiger partial charge in [-0.05, 0) is 20.3 Å². The summed E-state index contributed by atoms with van der Waals surface area (Å²) >= 11 is 0. The summed E-state index contributed by atoms with van der Waals surface area (Å²) in [5.74, 6) is -0.0379.